The van der Waals surface area contributed by atoms with E-state index in [9.17, 15) is 0 Å². The molecule has 3 aromatic rings. The highest BCUT2D eigenvalue weighted by Gasteiger charge is 2.12. The van der Waals surface area contributed by atoms with Gasteiger partial charge in [-0.3, -0.25) is 9.89 Å². The molecule has 1 N–H and O–H groups in total. The van der Waals surface area contributed by atoms with Crippen LogP contribution >= 0.6 is 0 Å². The highest BCUT2D eigenvalue weighted by atomic mass is 15.2. The predicted molar refractivity (Wildman–Crippen MR) is 140 cm³/mol. The summed E-state index contributed by atoms with van der Waals surface area (Å²) in [6.07, 6.45) is 14.3. The van der Waals surface area contributed by atoms with E-state index in [0.29, 0.717) is 0 Å². The third kappa shape index (κ3) is 8.88. The lowest BCUT2D eigenvalue weighted by atomic mass is 10.1. The van der Waals surface area contributed by atoms with Crippen LogP contribution in [0.1, 0.15) is 62.3 Å². The van der Waals surface area contributed by atoms with E-state index in [0.717, 1.165) is 49.8 Å². The Kier molecular flexibility index (Phi) is 11.0. The van der Waals surface area contributed by atoms with Gasteiger partial charge in [-0.05, 0) is 56.4 Å². The summed E-state index contributed by atoms with van der Waals surface area (Å²) >= 11 is 0. The molecule has 0 amide bonds. The standard InChI is InChI=1S/C27H41N7/c1-4-16-33(17-5-2)18-7-6-12-28-20-24-8-10-25(11-9-24)21-34(22-26-29-13-14-30-26)23-27-31-15-19-32(27)3/h8-11,13-15,19-20H,4-7,12,16-18,21-23H2,1-3H3,(H,29,30). The lowest BCUT2D eigenvalue weighted by molar-refractivity contribution is 0.233. The molecule has 1 aromatic carbocycles. The largest absolute Gasteiger partial charge is 0.348 e. The number of imidazole rings is 2. The molecule has 0 aliphatic carbocycles. The van der Waals surface area contributed by atoms with E-state index >= 15 is 0 Å². The highest BCUT2D eigenvalue weighted by molar-refractivity contribution is 5.79. The third-order valence-electron chi connectivity index (χ3n) is 5.93. The fourth-order valence-electron chi connectivity index (χ4n) is 4.16. The van der Waals surface area contributed by atoms with Gasteiger partial charge in [-0.15, -0.1) is 0 Å². The Labute approximate surface area is 205 Å². The van der Waals surface area contributed by atoms with E-state index in [1.54, 1.807) is 6.20 Å². The minimum atomic E-state index is 0.747. The molecule has 2 aromatic heterocycles. The molecule has 0 atom stereocenters. The van der Waals surface area contributed by atoms with Crippen LogP contribution in [0.3, 0.4) is 0 Å². The molecule has 0 fully saturated rings. The van der Waals surface area contributed by atoms with E-state index in [4.69, 9.17) is 0 Å². The van der Waals surface area contributed by atoms with Crippen LogP contribution < -0.4 is 0 Å². The molecule has 7 heteroatoms. The van der Waals surface area contributed by atoms with Crippen molar-refractivity contribution in [1.29, 1.82) is 0 Å². The van der Waals surface area contributed by atoms with Crippen molar-refractivity contribution in [3.05, 3.63) is 71.8 Å². The zero-order valence-electron chi connectivity index (χ0n) is 21.2. The van der Waals surface area contributed by atoms with Crippen LogP contribution in [0, 0.1) is 0 Å². The molecule has 0 unspecified atom stereocenters. The van der Waals surface area contributed by atoms with Crippen molar-refractivity contribution < 1.29 is 0 Å². The normalized spacial score (nSPS) is 11.9. The van der Waals surface area contributed by atoms with Gasteiger partial charge in [0.05, 0.1) is 13.1 Å². The van der Waals surface area contributed by atoms with Gasteiger partial charge in [0.2, 0.25) is 0 Å². The summed E-state index contributed by atoms with van der Waals surface area (Å²) in [6.45, 7) is 11.4. The van der Waals surface area contributed by atoms with Gasteiger partial charge in [0.1, 0.15) is 11.6 Å². The van der Waals surface area contributed by atoms with Gasteiger partial charge >= 0.3 is 0 Å². The quantitative estimate of drug-likeness (QED) is 0.248. The summed E-state index contributed by atoms with van der Waals surface area (Å²) in [5.74, 6) is 2.01. The predicted octanol–water partition coefficient (Wildman–Crippen LogP) is 4.67. The second-order valence-corrected chi connectivity index (χ2v) is 8.96. The Hall–Kier alpha value is -2.77. The molecule has 2 heterocycles. The average molecular weight is 464 g/mol. The molecule has 0 aliphatic heterocycles. The van der Waals surface area contributed by atoms with Crippen LogP contribution in [0.5, 0.6) is 0 Å². The minimum absolute atomic E-state index is 0.747. The second-order valence-electron chi connectivity index (χ2n) is 8.96. The second kappa shape index (κ2) is 14.5. The van der Waals surface area contributed by atoms with Crippen LogP contribution in [-0.2, 0) is 26.7 Å². The Morgan fingerprint density at radius 3 is 2.35 bits per heavy atom. The summed E-state index contributed by atoms with van der Waals surface area (Å²) in [5.41, 5.74) is 2.42. The molecule has 0 radical (unpaired) electrons. The first kappa shape index (κ1) is 25.8. The van der Waals surface area contributed by atoms with E-state index < -0.39 is 0 Å². The molecule has 184 valence electrons. The van der Waals surface area contributed by atoms with Crippen molar-refractivity contribution in [1.82, 2.24) is 29.3 Å². The maximum absolute atomic E-state index is 4.65. The van der Waals surface area contributed by atoms with E-state index in [1.807, 2.05) is 31.9 Å². The smallest absolute Gasteiger partial charge is 0.122 e. The molecule has 34 heavy (non-hydrogen) atoms. The van der Waals surface area contributed by atoms with Crippen molar-refractivity contribution in [3.63, 3.8) is 0 Å². The third-order valence-corrected chi connectivity index (χ3v) is 5.93. The molecule has 0 bridgehead atoms. The minimum Gasteiger partial charge on any atom is -0.348 e. The molecule has 0 saturated carbocycles. The number of aryl methyl sites for hydroxylation is 1. The van der Waals surface area contributed by atoms with Gasteiger partial charge in [0.25, 0.3) is 0 Å². The number of hydrogen-bond donors (Lipinski definition) is 1. The molecule has 0 aliphatic rings. The highest BCUT2D eigenvalue weighted by Crippen LogP contribution is 2.12. The van der Waals surface area contributed by atoms with Crippen molar-refractivity contribution in [2.75, 3.05) is 26.2 Å². The van der Waals surface area contributed by atoms with Gasteiger partial charge in [0.15, 0.2) is 0 Å². The number of benzene rings is 1. The van der Waals surface area contributed by atoms with Crippen molar-refractivity contribution in [2.45, 2.75) is 59.2 Å². The SMILES string of the molecule is CCCN(CCC)CCCCN=Cc1ccc(CN(Cc2ncc[nH]2)Cc2nccn2C)cc1. The number of aromatic amines is 1. The summed E-state index contributed by atoms with van der Waals surface area (Å²) in [4.78, 5) is 21.7. The van der Waals surface area contributed by atoms with Crippen LogP contribution in [0.15, 0.2) is 54.0 Å². The molecule has 0 spiro atoms. The first-order valence-electron chi connectivity index (χ1n) is 12.7. The summed E-state index contributed by atoms with van der Waals surface area (Å²) in [6, 6.07) is 8.72. The van der Waals surface area contributed by atoms with Crippen LogP contribution in [0.4, 0.5) is 0 Å². The van der Waals surface area contributed by atoms with E-state index in [2.05, 4.69) is 72.4 Å². The fourth-order valence-corrected chi connectivity index (χ4v) is 4.16. The van der Waals surface area contributed by atoms with Gasteiger partial charge in [-0.2, -0.15) is 0 Å². The Bertz CT molecular complexity index is 938. The van der Waals surface area contributed by atoms with E-state index in [1.165, 1.54) is 44.5 Å². The van der Waals surface area contributed by atoms with Crippen LogP contribution in [0.2, 0.25) is 0 Å². The molecule has 3 rings (SSSR count). The van der Waals surface area contributed by atoms with Crippen molar-refractivity contribution in [2.24, 2.45) is 12.0 Å². The maximum atomic E-state index is 4.65. The number of hydrogen-bond acceptors (Lipinski definition) is 5. The number of aromatic nitrogens is 4. The summed E-state index contributed by atoms with van der Waals surface area (Å²) in [7, 11) is 2.04. The number of aliphatic imine (C=N–C) groups is 1. The summed E-state index contributed by atoms with van der Waals surface area (Å²) < 4.78 is 2.07. The Balaban J connectivity index is 1.47. The first-order chi connectivity index (χ1) is 16.7. The Morgan fingerprint density at radius 1 is 0.912 bits per heavy atom. The lowest BCUT2D eigenvalue weighted by Gasteiger charge is -2.21. The number of rotatable bonds is 16. The van der Waals surface area contributed by atoms with Gasteiger partial charge in [0, 0.05) is 51.1 Å². The topological polar surface area (TPSA) is 65.3 Å². The molecular formula is C27H41N7. The number of nitrogens with zero attached hydrogens (tertiary/aromatic N) is 6. The van der Waals surface area contributed by atoms with Gasteiger partial charge < -0.3 is 14.5 Å². The number of H-pyrrole nitrogens is 1. The van der Waals surface area contributed by atoms with E-state index in [-0.39, 0.29) is 0 Å². The molecular weight excluding hydrogens is 422 g/mol. The van der Waals surface area contributed by atoms with Crippen molar-refractivity contribution >= 4 is 6.21 Å². The maximum Gasteiger partial charge on any atom is 0.122 e. The van der Waals surface area contributed by atoms with Crippen LogP contribution in [-0.4, -0.2) is 61.7 Å². The number of unbranched alkanes of at least 4 members (excludes halogenated alkanes) is 1. The van der Waals surface area contributed by atoms with Gasteiger partial charge in [-0.1, -0.05) is 38.1 Å². The van der Waals surface area contributed by atoms with Crippen molar-refractivity contribution in [3.8, 4) is 0 Å². The zero-order valence-corrected chi connectivity index (χ0v) is 21.2. The Morgan fingerprint density at radius 2 is 1.71 bits per heavy atom. The fraction of sp³-hybridized carbons (Fsp3) is 0.519. The average Bonchev–Trinajstić information content (AvgIpc) is 3.49. The number of nitrogens with one attached hydrogen (secondary N) is 1. The lowest BCUT2D eigenvalue weighted by Crippen LogP contribution is -2.26. The molecule has 7 nitrogen and oxygen atoms in total. The first-order valence-corrected chi connectivity index (χ1v) is 12.7. The van der Waals surface area contributed by atoms with Gasteiger partial charge in [-0.25, -0.2) is 9.97 Å². The molecule has 0 saturated heterocycles. The zero-order chi connectivity index (χ0) is 24.0. The van der Waals surface area contributed by atoms with Crippen LogP contribution in [0.25, 0.3) is 0 Å². The summed E-state index contributed by atoms with van der Waals surface area (Å²) in [5, 5.41) is 0. The monoisotopic (exact) mass is 463 g/mol.